The zero-order chi connectivity index (χ0) is 26.6. The molecule has 2 N–H and O–H groups in total. The van der Waals surface area contributed by atoms with Crippen LogP contribution in [0, 0.1) is 12.3 Å². The van der Waals surface area contributed by atoms with Gasteiger partial charge in [-0.3, -0.25) is 23.9 Å². The lowest BCUT2D eigenvalue weighted by molar-refractivity contribution is -0.142. The van der Waals surface area contributed by atoms with Crippen LogP contribution in [0.1, 0.15) is 54.6 Å². The molecule has 38 heavy (non-hydrogen) atoms. The van der Waals surface area contributed by atoms with Crippen molar-refractivity contribution in [2.24, 2.45) is 5.41 Å². The first-order valence-corrected chi connectivity index (χ1v) is 13.1. The third-order valence-corrected chi connectivity index (χ3v) is 8.13. The second-order valence-electron chi connectivity index (χ2n) is 11.0. The number of aromatic nitrogens is 4. The summed E-state index contributed by atoms with van der Waals surface area (Å²) in [5, 5.41) is 12.8. The lowest BCUT2D eigenvalue weighted by atomic mass is 9.72. The predicted molar refractivity (Wildman–Crippen MR) is 142 cm³/mol. The number of anilines is 3. The van der Waals surface area contributed by atoms with Crippen LogP contribution >= 0.6 is 0 Å². The van der Waals surface area contributed by atoms with Gasteiger partial charge in [-0.2, -0.15) is 4.98 Å². The van der Waals surface area contributed by atoms with Gasteiger partial charge in [0.15, 0.2) is 5.78 Å². The highest BCUT2D eigenvalue weighted by Gasteiger charge is 2.51. The zero-order valence-corrected chi connectivity index (χ0v) is 21.6. The van der Waals surface area contributed by atoms with E-state index in [1.807, 2.05) is 23.2 Å². The molecule has 3 aliphatic rings. The molecule has 3 fully saturated rings. The van der Waals surface area contributed by atoms with Gasteiger partial charge in [0.2, 0.25) is 5.95 Å². The number of rotatable bonds is 7. The van der Waals surface area contributed by atoms with Crippen molar-refractivity contribution in [3.63, 3.8) is 0 Å². The van der Waals surface area contributed by atoms with Gasteiger partial charge in [-0.25, -0.2) is 9.97 Å². The number of carboxylic acids is 1. The van der Waals surface area contributed by atoms with Gasteiger partial charge < -0.3 is 15.3 Å². The van der Waals surface area contributed by atoms with Crippen LogP contribution in [-0.2, 0) is 4.79 Å². The summed E-state index contributed by atoms with van der Waals surface area (Å²) >= 11 is 0. The Morgan fingerprint density at radius 3 is 2.47 bits per heavy atom. The first-order chi connectivity index (χ1) is 18.2. The van der Waals surface area contributed by atoms with E-state index in [1.54, 1.807) is 17.7 Å². The molecule has 0 unspecified atom stereocenters. The highest BCUT2D eigenvalue weighted by molar-refractivity contribution is 5.99. The fourth-order valence-electron chi connectivity index (χ4n) is 6.42. The monoisotopic (exact) mass is 517 g/mol. The molecule has 11 nitrogen and oxygen atoms in total. The minimum absolute atomic E-state index is 0.0237. The number of nitrogens with zero attached hydrogens (tertiary/aromatic N) is 6. The van der Waals surface area contributed by atoms with Crippen LogP contribution in [0.25, 0.3) is 11.0 Å². The van der Waals surface area contributed by atoms with Crippen LogP contribution in [0.4, 0.5) is 17.5 Å². The fraction of sp³-hybridized carbons (Fsp3) is 0.481. The van der Waals surface area contributed by atoms with Crippen molar-refractivity contribution in [2.75, 3.05) is 42.9 Å². The normalized spacial score (nSPS) is 18.9. The molecular weight excluding hydrogens is 486 g/mol. The first-order valence-electron chi connectivity index (χ1n) is 13.1. The van der Waals surface area contributed by atoms with Gasteiger partial charge in [-0.15, -0.1) is 0 Å². The molecule has 2 saturated heterocycles. The van der Waals surface area contributed by atoms with Crippen LogP contribution < -0.4 is 15.8 Å². The molecule has 11 heteroatoms. The van der Waals surface area contributed by atoms with Crippen molar-refractivity contribution in [2.45, 2.75) is 45.6 Å². The molecule has 6 rings (SSSR count). The van der Waals surface area contributed by atoms with E-state index in [-0.39, 0.29) is 34.9 Å². The smallest absolute Gasteiger partial charge is 0.317 e. The maximum atomic E-state index is 13.4. The number of carbonyl (C=O) groups is 2. The fourth-order valence-corrected chi connectivity index (χ4v) is 6.42. The Morgan fingerprint density at radius 2 is 1.84 bits per heavy atom. The van der Waals surface area contributed by atoms with E-state index < -0.39 is 5.97 Å². The Bertz CT molecular complexity index is 1480. The number of aliphatic carboxylic acids is 1. The topological polar surface area (TPSA) is 134 Å². The molecule has 1 saturated carbocycles. The van der Waals surface area contributed by atoms with Crippen LogP contribution in [0.5, 0.6) is 0 Å². The summed E-state index contributed by atoms with van der Waals surface area (Å²) < 4.78 is 1.70. The molecule has 0 aromatic carbocycles. The molecule has 1 spiro atoms. The van der Waals surface area contributed by atoms with E-state index in [9.17, 15) is 14.4 Å². The second-order valence-corrected chi connectivity index (χ2v) is 11.0. The van der Waals surface area contributed by atoms with Gasteiger partial charge in [0.1, 0.15) is 11.5 Å². The van der Waals surface area contributed by atoms with Crippen LogP contribution in [0.15, 0.2) is 29.3 Å². The lowest BCUT2D eigenvalue weighted by Crippen LogP contribution is -2.72. The van der Waals surface area contributed by atoms with Crippen molar-refractivity contribution in [1.82, 2.24) is 24.4 Å². The Labute approximate surface area is 219 Å². The zero-order valence-electron chi connectivity index (χ0n) is 21.6. The van der Waals surface area contributed by atoms with Gasteiger partial charge >= 0.3 is 5.97 Å². The van der Waals surface area contributed by atoms with Gasteiger partial charge in [0.25, 0.3) is 5.56 Å². The van der Waals surface area contributed by atoms with Crippen molar-refractivity contribution in [3.8, 4) is 0 Å². The molecule has 1 aliphatic carbocycles. The first kappa shape index (κ1) is 24.5. The maximum Gasteiger partial charge on any atom is 0.317 e. The number of carboxylic acid groups (broad SMARTS) is 1. The van der Waals surface area contributed by atoms with Gasteiger partial charge in [-0.1, -0.05) is 12.8 Å². The van der Waals surface area contributed by atoms with Gasteiger partial charge in [0.05, 0.1) is 24.0 Å². The molecule has 0 amide bonds. The average molecular weight is 518 g/mol. The summed E-state index contributed by atoms with van der Waals surface area (Å²) in [6.45, 7) is 6.75. The average Bonchev–Trinajstić information content (AvgIpc) is 3.34. The molecule has 0 atom stereocenters. The van der Waals surface area contributed by atoms with Crippen LogP contribution in [-0.4, -0.2) is 74.0 Å². The summed E-state index contributed by atoms with van der Waals surface area (Å²) in [7, 11) is 0. The number of hydrogen-bond donors (Lipinski definition) is 2. The standard InChI is InChI=1S/C27H31N7O4/c1-16-20-10-29-26(31-24(20)34(18-5-3-4-6-18)25(38)23(16)17(2)35)30-21-8-7-19(9-28-21)33-14-27(15-33)12-32(13-27)11-22(36)37/h7-10,18H,3-6,11-15H2,1-2H3,(H,36,37)(H,28,29,30,31). The highest BCUT2D eigenvalue weighted by atomic mass is 16.4. The quantitative estimate of drug-likeness (QED) is 0.451. The number of pyridine rings is 2. The number of likely N-dealkylation sites (tertiary alicyclic amines) is 1. The van der Waals surface area contributed by atoms with E-state index >= 15 is 0 Å². The molecule has 5 heterocycles. The number of carbonyl (C=O) groups excluding carboxylic acids is 1. The Kier molecular flexibility index (Phi) is 5.90. The van der Waals surface area contributed by atoms with E-state index in [0.717, 1.165) is 57.5 Å². The molecule has 198 valence electrons. The van der Waals surface area contributed by atoms with E-state index in [4.69, 9.17) is 10.1 Å². The number of Topliss-reactive ketones (excluding diaryl/α,β-unsaturated/α-hetero) is 1. The molecule has 0 radical (unpaired) electrons. The molecule has 3 aromatic heterocycles. The maximum absolute atomic E-state index is 13.4. The van der Waals surface area contributed by atoms with Crippen molar-refractivity contribution >= 4 is 40.2 Å². The van der Waals surface area contributed by atoms with Crippen molar-refractivity contribution in [3.05, 3.63) is 46.0 Å². The van der Waals surface area contributed by atoms with E-state index in [1.165, 1.54) is 6.92 Å². The minimum atomic E-state index is -0.781. The summed E-state index contributed by atoms with van der Waals surface area (Å²) in [6, 6.07) is 3.89. The summed E-state index contributed by atoms with van der Waals surface area (Å²) in [5.41, 5.74) is 2.31. The van der Waals surface area contributed by atoms with Crippen molar-refractivity contribution < 1.29 is 14.7 Å². The highest BCUT2D eigenvalue weighted by Crippen LogP contribution is 2.41. The molecule has 0 bridgehead atoms. The number of aryl methyl sites for hydroxylation is 1. The summed E-state index contributed by atoms with van der Waals surface area (Å²) in [6.07, 6.45) is 7.36. The summed E-state index contributed by atoms with van der Waals surface area (Å²) in [4.78, 5) is 54.5. The number of ketones is 1. The molecule has 2 aliphatic heterocycles. The number of nitrogens with one attached hydrogen (secondary N) is 1. The van der Waals surface area contributed by atoms with Crippen LogP contribution in [0.3, 0.4) is 0 Å². The summed E-state index contributed by atoms with van der Waals surface area (Å²) in [5.74, 6) is -0.0895. The van der Waals surface area contributed by atoms with Crippen molar-refractivity contribution in [1.29, 1.82) is 0 Å². The Balaban J connectivity index is 1.20. The largest absolute Gasteiger partial charge is 0.480 e. The van der Waals surface area contributed by atoms with E-state index in [2.05, 4.69) is 20.2 Å². The van der Waals surface area contributed by atoms with Crippen LogP contribution in [0.2, 0.25) is 0 Å². The third kappa shape index (κ3) is 4.20. The second kappa shape index (κ2) is 9.16. The lowest BCUT2D eigenvalue weighted by Gasteiger charge is -2.60. The Morgan fingerprint density at radius 1 is 1.11 bits per heavy atom. The number of hydrogen-bond acceptors (Lipinski definition) is 9. The SMILES string of the molecule is CC(=O)c1c(C)c2cnc(Nc3ccc(N4CC5(CN(CC(=O)O)C5)C4)cn3)nc2n(C2CCCC2)c1=O. The predicted octanol–water partition coefficient (Wildman–Crippen LogP) is 2.76. The minimum Gasteiger partial charge on any atom is -0.480 e. The molecule has 3 aromatic rings. The molecular formula is C27H31N7O4. The van der Waals surface area contributed by atoms with E-state index in [0.29, 0.717) is 28.4 Å². The van der Waals surface area contributed by atoms with Gasteiger partial charge in [0, 0.05) is 49.2 Å². The number of fused-ring (bicyclic) bond motifs is 1. The Hall–Kier alpha value is -3.86. The third-order valence-electron chi connectivity index (χ3n) is 8.13. The van der Waals surface area contributed by atoms with Gasteiger partial charge in [-0.05, 0) is 44.4 Å².